The van der Waals surface area contributed by atoms with Crippen molar-refractivity contribution in [3.8, 4) is 0 Å². The minimum absolute atomic E-state index is 0.340. The van der Waals surface area contributed by atoms with Crippen molar-refractivity contribution in [2.45, 2.75) is 38.7 Å². The first-order valence-corrected chi connectivity index (χ1v) is 8.76. The molecule has 0 rings (SSSR count). The lowest BCUT2D eigenvalue weighted by Crippen LogP contribution is -2.41. The van der Waals surface area contributed by atoms with Gasteiger partial charge in [-0.3, -0.25) is 4.55 Å². The van der Waals surface area contributed by atoms with Crippen molar-refractivity contribution < 1.29 is 17.2 Å². The Balaban J connectivity index is 4.41. The van der Waals surface area contributed by atoms with Gasteiger partial charge in [0, 0.05) is 0 Å². The van der Waals surface area contributed by atoms with Crippen molar-refractivity contribution in [1.82, 2.24) is 0 Å². The van der Waals surface area contributed by atoms with E-state index in [1.165, 1.54) is 0 Å². The Morgan fingerprint density at radius 1 is 1.42 bits per heavy atom. The van der Waals surface area contributed by atoms with Crippen LogP contribution in [-0.2, 0) is 14.6 Å². The summed E-state index contributed by atoms with van der Waals surface area (Å²) < 4.78 is 33.8. The van der Waals surface area contributed by atoms with Crippen molar-refractivity contribution in [2.24, 2.45) is 0 Å². The summed E-state index contributed by atoms with van der Waals surface area (Å²) in [4.78, 5) is 0. The number of hydrogen-bond acceptors (Lipinski definition) is 3. The molecule has 1 atom stereocenters. The molecule has 74 valence electrons. The van der Waals surface area contributed by atoms with E-state index in [1.807, 2.05) is 26.6 Å². The predicted octanol–water partition coefficient (Wildman–Crippen LogP) is 1.46. The first kappa shape index (κ1) is 12.1. The molecule has 0 aliphatic heterocycles. The van der Waals surface area contributed by atoms with Crippen LogP contribution in [0.15, 0.2) is 0 Å². The highest BCUT2D eigenvalue weighted by molar-refractivity contribution is 7.81. The molecule has 0 aromatic rings. The molecule has 0 saturated heterocycles. The van der Waals surface area contributed by atoms with Crippen molar-refractivity contribution in [2.75, 3.05) is 0 Å². The van der Waals surface area contributed by atoms with Crippen LogP contribution in [0.2, 0.25) is 19.6 Å². The van der Waals surface area contributed by atoms with E-state index in [9.17, 15) is 8.42 Å². The Labute approximate surface area is 74.9 Å². The Morgan fingerprint density at radius 3 is 1.92 bits per heavy atom. The fraction of sp³-hybridized carbons (Fsp3) is 1.00. The van der Waals surface area contributed by atoms with Crippen LogP contribution in [0.25, 0.3) is 0 Å². The summed E-state index contributed by atoms with van der Waals surface area (Å²) in [6.07, 6.45) is 0.607. The van der Waals surface area contributed by atoms with Crippen molar-refractivity contribution >= 4 is 18.5 Å². The topological polar surface area (TPSA) is 63.6 Å². The van der Waals surface area contributed by atoms with E-state index in [4.69, 9.17) is 4.55 Å². The molecule has 1 unspecified atom stereocenters. The van der Waals surface area contributed by atoms with Gasteiger partial charge in [0.05, 0.1) is 13.8 Å². The Bertz CT molecular complexity index is 228. The van der Waals surface area contributed by atoms with E-state index in [0.717, 1.165) is 0 Å². The molecule has 4 nitrogen and oxygen atoms in total. The second kappa shape index (κ2) is 3.86. The molecule has 0 saturated carbocycles. The van der Waals surface area contributed by atoms with Crippen molar-refractivity contribution in [3.05, 3.63) is 0 Å². The third kappa shape index (κ3) is 4.86. The Hall–Kier alpha value is 0.0869. The molecule has 6 heteroatoms. The average molecular weight is 212 g/mol. The highest BCUT2D eigenvalue weighted by Crippen LogP contribution is 2.16. The largest absolute Gasteiger partial charge is 0.397 e. The normalized spacial score (nSPS) is 16.1. The van der Waals surface area contributed by atoms with Crippen LogP contribution < -0.4 is 0 Å². The molecule has 1 N–H and O–H groups in total. The minimum Gasteiger partial charge on any atom is -0.264 e. The molecule has 12 heavy (non-hydrogen) atoms. The van der Waals surface area contributed by atoms with Gasteiger partial charge in [-0.05, 0) is 6.42 Å². The van der Waals surface area contributed by atoms with Crippen LogP contribution in [0, 0.1) is 0 Å². The van der Waals surface area contributed by atoms with E-state index in [1.54, 1.807) is 0 Å². The summed E-state index contributed by atoms with van der Waals surface area (Å²) in [6.45, 7) is 7.82. The van der Waals surface area contributed by atoms with Gasteiger partial charge in [0.2, 0.25) is 0 Å². The highest BCUT2D eigenvalue weighted by Gasteiger charge is 2.29. The number of hydrogen-bond donors (Lipinski definition) is 1. The van der Waals surface area contributed by atoms with Gasteiger partial charge in [0.15, 0.2) is 0 Å². The molecule has 0 heterocycles. The summed E-state index contributed by atoms with van der Waals surface area (Å²) in [5, 5.41) is 0. The Kier molecular flexibility index (Phi) is 3.89. The standard InChI is InChI=1S/C6H16O4SSi/c1-5-6(12(2,3)4)10-11(7,8)9/h6H,5H2,1-4H3,(H,7,8,9). The van der Waals surface area contributed by atoms with Gasteiger partial charge < -0.3 is 0 Å². The summed E-state index contributed by atoms with van der Waals surface area (Å²) in [6, 6.07) is 0. The first-order valence-electron chi connectivity index (χ1n) is 3.82. The zero-order valence-electron chi connectivity index (χ0n) is 7.86. The predicted molar refractivity (Wildman–Crippen MR) is 50.1 cm³/mol. The maximum Gasteiger partial charge on any atom is 0.397 e. The summed E-state index contributed by atoms with van der Waals surface area (Å²) in [5.74, 6) is 0. The fourth-order valence-electron chi connectivity index (χ4n) is 0.972. The van der Waals surface area contributed by atoms with Gasteiger partial charge in [0.25, 0.3) is 0 Å². The van der Waals surface area contributed by atoms with Crippen LogP contribution in [0.4, 0.5) is 0 Å². The van der Waals surface area contributed by atoms with E-state index in [-0.39, 0.29) is 5.73 Å². The van der Waals surface area contributed by atoms with Crippen molar-refractivity contribution in [3.63, 3.8) is 0 Å². The molecule has 0 aromatic carbocycles. The molecule has 0 aliphatic carbocycles. The van der Waals surface area contributed by atoms with Gasteiger partial charge in [-0.2, -0.15) is 8.42 Å². The van der Waals surface area contributed by atoms with Gasteiger partial charge in [0.1, 0.15) is 0 Å². The smallest absolute Gasteiger partial charge is 0.264 e. The van der Waals surface area contributed by atoms with E-state index in [2.05, 4.69) is 4.18 Å². The quantitative estimate of drug-likeness (QED) is 0.566. The molecule has 0 amide bonds. The summed E-state index contributed by atoms with van der Waals surface area (Å²) >= 11 is 0. The second-order valence-corrected chi connectivity index (χ2v) is 10.2. The maximum absolute atomic E-state index is 10.4. The third-order valence-corrected chi connectivity index (χ3v) is 4.68. The zero-order valence-corrected chi connectivity index (χ0v) is 9.68. The molecule has 0 spiro atoms. The molecular weight excluding hydrogens is 196 g/mol. The molecule has 0 radical (unpaired) electrons. The van der Waals surface area contributed by atoms with Crippen LogP contribution in [0.1, 0.15) is 13.3 Å². The van der Waals surface area contributed by atoms with E-state index >= 15 is 0 Å². The molecule has 0 fully saturated rings. The maximum atomic E-state index is 10.4. The molecule has 0 bridgehead atoms. The summed E-state index contributed by atoms with van der Waals surface area (Å²) in [7, 11) is -5.94. The van der Waals surface area contributed by atoms with Crippen molar-refractivity contribution in [1.29, 1.82) is 0 Å². The van der Waals surface area contributed by atoms with Crippen LogP contribution >= 0.6 is 0 Å². The van der Waals surface area contributed by atoms with Gasteiger partial charge >= 0.3 is 10.4 Å². The van der Waals surface area contributed by atoms with Gasteiger partial charge in [-0.15, -0.1) is 0 Å². The number of rotatable bonds is 4. The Morgan fingerprint density at radius 2 is 1.83 bits per heavy atom. The fourth-order valence-corrected chi connectivity index (χ4v) is 4.15. The summed E-state index contributed by atoms with van der Waals surface area (Å²) in [5.41, 5.74) is -0.340. The van der Waals surface area contributed by atoms with Crippen LogP contribution in [0.5, 0.6) is 0 Å². The van der Waals surface area contributed by atoms with Crippen LogP contribution in [0.3, 0.4) is 0 Å². The van der Waals surface area contributed by atoms with E-state index < -0.39 is 18.5 Å². The lowest BCUT2D eigenvalue weighted by Gasteiger charge is -2.25. The SMILES string of the molecule is CCC(OS(=O)(=O)O)[Si](C)(C)C. The lowest BCUT2D eigenvalue weighted by molar-refractivity contribution is 0.231. The molecule has 0 aliphatic rings. The zero-order chi connectivity index (χ0) is 9.99. The molecular formula is C6H16O4SSi. The monoisotopic (exact) mass is 212 g/mol. The molecule has 0 aromatic heterocycles. The van der Waals surface area contributed by atoms with E-state index in [0.29, 0.717) is 6.42 Å². The van der Waals surface area contributed by atoms with Crippen LogP contribution in [-0.4, -0.2) is 26.8 Å². The van der Waals surface area contributed by atoms with Gasteiger partial charge in [-0.1, -0.05) is 26.6 Å². The lowest BCUT2D eigenvalue weighted by atomic mass is 10.5. The third-order valence-electron chi connectivity index (χ3n) is 1.57. The minimum atomic E-state index is -4.28. The first-order chi connectivity index (χ1) is 5.17. The highest BCUT2D eigenvalue weighted by atomic mass is 32.3. The second-order valence-electron chi connectivity index (χ2n) is 3.79. The van der Waals surface area contributed by atoms with Gasteiger partial charge in [-0.25, -0.2) is 4.18 Å². The average Bonchev–Trinajstić information content (AvgIpc) is 1.78.